The minimum absolute atomic E-state index is 0.000258. The van der Waals surface area contributed by atoms with Gasteiger partial charge in [0.1, 0.15) is 11.5 Å². The van der Waals surface area contributed by atoms with Crippen LogP contribution in [-0.2, 0) is 13.0 Å². The smallest absolute Gasteiger partial charge is 0.292 e. The maximum absolute atomic E-state index is 12.3. The average Bonchev–Trinajstić information content (AvgIpc) is 2.77. The minimum Gasteiger partial charge on any atom is -0.428 e. The second-order valence-corrected chi connectivity index (χ2v) is 5.32. The van der Waals surface area contributed by atoms with Crippen molar-refractivity contribution in [1.82, 2.24) is 9.88 Å². The number of carbonyl (C=O) groups excluding carboxylic acids is 1. The van der Waals surface area contributed by atoms with Gasteiger partial charge in [-0.2, -0.15) is 4.98 Å². The number of nitrogens with zero attached hydrogens (tertiary/aromatic N) is 2. The molecular formula is C13H12BrN3O2. The van der Waals surface area contributed by atoms with E-state index in [-0.39, 0.29) is 11.9 Å². The molecular weight excluding hydrogens is 310 g/mol. The number of nitrogens with two attached hydrogens (primary N) is 1. The molecule has 0 bridgehead atoms. The van der Waals surface area contributed by atoms with Crippen molar-refractivity contribution in [3.05, 3.63) is 45.8 Å². The Bertz CT molecular complexity index is 621. The van der Waals surface area contributed by atoms with Gasteiger partial charge in [0.25, 0.3) is 11.9 Å². The number of benzene rings is 1. The molecule has 2 aromatic rings. The molecule has 0 aliphatic carbocycles. The van der Waals surface area contributed by atoms with E-state index in [1.807, 2.05) is 12.1 Å². The van der Waals surface area contributed by atoms with Crippen molar-refractivity contribution >= 4 is 27.9 Å². The first-order valence-corrected chi connectivity index (χ1v) is 6.71. The molecule has 0 spiro atoms. The van der Waals surface area contributed by atoms with Crippen LogP contribution in [0.25, 0.3) is 0 Å². The number of amides is 1. The number of hydrogen-bond donors (Lipinski definition) is 1. The molecule has 1 amide bonds. The third-order valence-electron chi connectivity index (χ3n) is 3.12. The standard InChI is InChI=1S/C13H12BrN3O2/c14-9-3-1-8(2-4-9)12(18)17-6-5-11-10(7-17)16-13(15)19-11/h1-4H,5-7H2,(H2,15,16). The number of carbonyl (C=O) groups is 1. The molecule has 1 aliphatic heterocycles. The molecule has 2 N–H and O–H groups in total. The summed E-state index contributed by atoms with van der Waals surface area (Å²) in [6, 6.07) is 7.49. The van der Waals surface area contributed by atoms with Crippen LogP contribution in [0.4, 0.5) is 6.01 Å². The number of oxazole rings is 1. The van der Waals surface area contributed by atoms with Crippen LogP contribution in [0.15, 0.2) is 33.2 Å². The zero-order valence-electron chi connectivity index (χ0n) is 10.1. The first-order chi connectivity index (χ1) is 9.13. The van der Waals surface area contributed by atoms with Gasteiger partial charge in [-0.15, -0.1) is 0 Å². The topological polar surface area (TPSA) is 72.4 Å². The molecule has 19 heavy (non-hydrogen) atoms. The predicted molar refractivity (Wildman–Crippen MR) is 73.5 cm³/mol. The third-order valence-corrected chi connectivity index (χ3v) is 3.65. The number of aromatic nitrogens is 1. The lowest BCUT2D eigenvalue weighted by atomic mass is 10.1. The number of hydrogen-bond acceptors (Lipinski definition) is 4. The van der Waals surface area contributed by atoms with E-state index in [1.165, 1.54) is 0 Å². The fourth-order valence-electron chi connectivity index (χ4n) is 2.17. The number of halogens is 1. The van der Waals surface area contributed by atoms with Crippen LogP contribution < -0.4 is 5.73 Å². The number of rotatable bonds is 1. The first-order valence-electron chi connectivity index (χ1n) is 5.92. The van der Waals surface area contributed by atoms with E-state index >= 15 is 0 Å². The van der Waals surface area contributed by atoms with E-state index in [0.717, 1.165) is 15.9 Å². The van der Waals surface area contributed by atoms with E-state index in [4.69, 9.17) is 10.2 Å². The van der Waals surface area contributed by atoms with E-state index in [0.29, 0.717) is 25.1 Å². The Morgan fingerprint density at radius 1 is 1.37 bits per heavy atom. The zero-order valence-corrected chi connectivity index (χ0v) is 11.7. The molecule has 6 heteroatoms. The molecule has 0 saturated heterocycles. The van der Waals surface area contributed by atoms with Crippen molar-refractivity contribution in [2.45, 2.75) is 13.0 Å². The molecule has 0 saturated carbocycles. The molecule has 5 nitrogen and oxygen atoms in total. The Labute approximate surface area is 118 Å². The van der Waals surface area contributed by atoms with Crippen LogP contribution in [0, 0.1) is 0 Å². The van der Waals surface area contributed by atoms with Crippen LogP contribution in [0.3, 0.4) is 0 Å². The first kappa shape index (κ1) is 12.2. The van der Waals surface area contributed by atoms with Gasteiger partial charge < -0.3 is 15.1 Å². The summed E-state index contributed by atoms with van der Waals surface area (Å²) in [5, 5.41) is 0. The van der Waals surface area contributed by atoms with Gasteiger partial charge in [-0.25, -0.2) is 0 Å². The summed E-state index contributed by atoms with van der Waals surface area (Å²) in [7, 11) is 0. The normalized spacial score (nSPS) is 14.3. The van der Waals surface area contributed by atoms with Gasteiger partial charge in [-0.1, -0.05) is 15.9 Å². The SMILES string of the molecule is Nc1nc2c(o1)CCN(C(=O)c1ccc(Br)cc1)C2. The number of fused-ring (bicyclic) bond motifs is 1. The van der Waals surface area contributed by atoms with Gasteiger partial charge in [-0.05, 0) is 24.3 Å². The summed E-state index contributed by atoms with van der Waals surface area (Å²) in [6.45, 7) is 1.07. The number of nitrogen functional groups attached to an aromatic ring is 1. The second kappa shape index (κ2) is 4.70. The average molecular weight is 322 g/mol. The molecule has 0 atom stereocenters. The summed E-state index contributed by atoms with van der Waals surface area (Å²) >= 11 is 3.35. The highest BCUT2D eigenvalue weighted by molar-refractivity contribution is 9.10. The van der Waals surface area contributed by atoms with E-state index in [2.05, 4.69) is 20.9 Å². The van der Waals surface area contributed by atoms with Gasteiger partial charge in [0, 0.05) is 23.0 Å². The Kier molecular flexibility index (Phi) is 3.02. The maximum atomic E-state index is 12.3. The molecule has 1 aliphatic rings. The van der Waals surface area contributed by atoms with Crippen LogP contribution in [-0.4, -0.2) is 22.3 Å². The molecule has 2 heterocycles. The monoisotopic (exact) mass is 321 g/mol. The van der Waals surface area contributed by atoms with Gasteiger partial charge in [0.05, 0.1) is 6.54 Å². The highest BCUT2D eigenvalue weighted by Crippen LogP contribution is 2.22. The largest absolute Gasteiger partial charge is 0.428 e. The van der Waals surface area contributed by atoms with Crippen molar-refractivity contribution in [3.8, 4) is 0 Å². The molecule has 0 radical (unpaired) electrons. The van der Waals surface area contributed by atoms with Crippen LogP contribution in [0.5, 0.6) is 0 Å². The second-order valence-electron chi connectivity index (χ2n) is 4.41. The Hall–Kier alpha value is -1.82. The van der Waals surface area contributed by atoms with Crippen molar-refractivity contribution in [2.75, 3.05) is 12.3 Å². The molecule has 1 aromatic carbocycles. The molecule has 98 valence electrons. The Balaban J connectivity index is 1.81. The van der Waals surface area contributed by atoms with Crippen LogP contribution in [0.1, 0.15) is 21.8 Å². The molecule has 3 rings (SSSR count). The Morgan fingerprint density at radius 3 is 2.84 bits per heavy atom. The lowest BCUT2D eigenvalue weighted by molar-refractivity contribution is 0.0728. The third kappa shape index (κ3) is 2.35. The van der Waals surface area contributed by atoms with Crippen molar-refractivity contribution in [2.24, 2.45) is 0 Å². The van der Waals surface area contributed by atoms with Gasteiger partial charge in [0.2, 0.25) is 0 Å². The highest BCUT2D eigenvalue weighted by Gasteiger charge is 2.25. The minimum atomic E-state index is -0.000258. The van der Waals surface area contributed by atoms with Crippen molar-refractivity contribution < 1.29 is 9.21 Å². The quantitative estimate of drug-likeness (QED) is 0.874. The van der Waals surface area contributed by atoms with Gasteiger partial charge in [-0.3, -0.25) is 4.79 Å². The predicted octanol–water partition coefficient (Wildman–Crippen LogP) is 2.22. The van der Waals surface area contributed by atoms with Gasteiger partial charge in [0.15, 0.2) is 0 Å². The van der Waals surface area contributed by atoms with Gasteiger partial charge >= 0.3 is 0 Å². The van der Waals surface area contributed by atoms with E-state index < -0.39 is 0 Å². The maximum Gasteiger partial charge on any atom is 0.292 e. The lowest BCUT2D eigenvalue weighted by Crippen LogP contribution is -2.35. The number of anilines is 1. The van der Waals surface area contributed by atoms with Crippen molar-refractivity contribution in [1.29, 1.82) is 0 Å². The van der Waals surface area contributed by atoms with Crippen LogP contribution in [0.2, 0.25) is 0 Å². The summed E-state index contributed by atoms with van der Waals surface area (Å²) in [5.41, 5.74) is 6.95. The highest BCUT2D eigenvalue weighted by atomic mass is 79.9. The molecule has 0 unspecified atom stereocenters. The fourth-order valence-corrected chi connectivity index (χ4v) is 2.43. The van der Waals surface area contributed by atoms with Crippen molar-refractivity contribution in [3.63, 3.8) is 0 Å². The summed E-state index contributed by atoms with van der Waals surface area (Å²) in [6.07, 6.45) is 0.655. The lowest BCUT2D eigenvalue weighted by Gasteiger charge is -2.25. The summed E-state index contributed by atoms with van der Waals surface area (Å²) in [5.74, 6) is 0.789. The van der Waals surface area contributed by atoms with E-state index in [1.54, 1.807) is 17.0 Å². The van der Waals surface area contributed by atoms with E-state index in [9.17, 15) is 4.79 Å². The zero-order chi connectivity index (χ0) is 13.4. The summed E-state index contributed by atoms with van der Waals surface area (Å²) in [4.78, 5) is 18.2. The molecule has 1 aromatic heterocycles. The summed E-state index contributed by atoms with van der Waals surface area (Å²) < 4.78 is 6.23. The molecule has 0 fully saturated rings. The fraction of sp³-hybridized carbons (Fsp3) is 0.231. The Morgan fingerprint density at radius 2 is 2.11 bits per heavy atom. The van der Waals surface area contributed by atoms with Crippen LogP contribution >= 0.6 is 15.9 Å².